The molecule has 0 aliphatic carbocycles. The first-order chi connectivity index (χ1) is 10.5. The van der Waals surface area contributed by atoms with Gasteiger partial charge in [0.25, 0.3) is 0 Å². The first-order valence-corrected chi connectivity index (χ1v) is 7.88. The Morgan fingerprint density at radius 3 is 2.55 bits per heavy atom. The van der Waals surface area contributed by atoms with E-state index in [9.17, 15) is 9.59 Å². The van der Waals surface area contributed by atoms with E-state index in [1.165, 1.54) is 0 Å². The van der Waals surface area contributed by atoms with Crippen molar-refractivity contribution in [3.63, 3.8) is 0 Å². The molecule has 0 aliphatic rings. The molecule has 1 N–H and O–H groups in total. The molecule has 0 atom stereocenters. The molecule has 5 nitrogen and oxygen atoms in total. The van der Waals surface area contributed by atoms with Crippen molar-refractivity contribution in [3.05, 3.63) is 35.2 Å². The molecule has 0 unspecified atom stereocenters. The van der Waals surface area contributed by atoms with Crippen LogP contribution in [0.25, 0.3) is 11.3 Å². The second kappa shape index (κ2) is 7.17. The Kier molecular flexibility index (Phi) is 5.27. The van der Waals surface area contributed by atoms with E-state index in [1.807, 2.05) is 30.3 Å². The zero-order valence-corrected chi connectivity index (χ0v) is 13.6. The summed E-state index contributed by atoms with van der Waals surface area (Å²) in [6, 6.07) is 9.37. The highest BCUT2D eigenvalue weighted by molar-refractivity contribution is 7.18. The van der Waals surface area contributed by atoms with E-state index in [0.29, 0.717) is 22.3 Å². The van der Waals surface area contributed by atoms with Crippen molar-refractivity contribution in [1.82, 2.24) is 4.98 Å². The molecule has 0 fully saturated rings. The number of nitrogens with zero attached hydrogens (tertiary/aromatic N) is 1. The van der Waals surface area contributed by atoms with Gasteiger partial charge in [-0.25, -0.2) is 9.78 Å². The van der Waals surface area contributed by atoms with E-state index in [1.54, 1.807) is 20.8 Å². The van der Waals surface area contributed by atoms with E-state index < -0.39 is 5.97 Å². The Morgan fingerprint density at radius 1 is 1.27 bits per heavy atom. The minimum absolute atomic E-state index is 0.135. The van der Waals surface area contributed by atoms with Crippen LogP contribution in [0, 0.1) is 5.92 Å². The molecule has 22 heavy (non-hydrogen) atoms. The van der Waals surface area contributed by atoms with Gasteiger partial charge in [0.05, 0.1) is 12.3 Å². The van der Waals surface area contributed by atoms with E-state index >= 15 is 0 Å². The Balaban J connectivity index is 2.39. The van der Waals surface area contributed by atoms with Crippen molar-refractivity contribution in [3.8, 4) is 11.3 Å². The number of carbonyl (C=O) groups excluding carboxylic acids is 2. The lowest BCUT2D eigenvalue weighted by Gasteiger charge is -2.03. The summed E-state index contributed by atoms with van der Waals surface area (Å²) in [5, 5.41) is 3.13. The molecule has 116 valence electrons. The van der Waals surface area contributed by atoms with Gasteiger partial charge in [0.1, 0.15) is 4.88 Å². The summed E-state index contributed by atoms with van der Waals surface area (Å²) in [6.45, 7) is 5.64. The van der Waals surface area contributed by atoms with Crippen LogP contribution in [-0.2, 0) is 9.53 Å². The van der Waals surface area contributed by atoms with Crippen molar-refractivity contribution in [2.24, 2.45) is 5.92 Å². The molecule has 2 aromatic rings. The monoisotopic (exact) mass is 318 g/mol. The SMILES string of the molecule is CCOC(=O)c1sc(NC(=O)C(C)C)nc1-c1ccccc1. The molecule has 0 radical (unpaired) electrons. The van der Waals surface area contributed by atoms with Gasteiger partial charge >= 0.3 is 5.97 Å². The van der Waals surface area contributed by atoms with E-state index in [2.05, 4.69) is 10.3 Å². The number of thiazole rings is 1. The van der Waals surface area contributed by atoms with Gasteiger partial charge in [0.15, 0.2) is 5.13 Å². The third-order valence-electron chi connectivity index (χ3n) is 2.89. The summed E-state index contributed by atoms with van der Waals surface area (Å²) < 4.78 is 5.07. The maximum atomic E-state index is 12.1. The highest BCUT2D eigenvalue weighted by Crippen LogP contribution is 2.32. The molecule has 2 rings (SSSR count). The third-order valence-corrected chi connectivity index (χ3v) is 3.84. The lowest BCUT2D eigenvalue weighted by molar-refractivity contribution is -0.118. The molecule has 1 aromatic carbocycles. The third kappa shape index (κ3) is 3.71. The van der Waals surface area contributed by atoms with Gasteiger partial charge in [-0.15, -0.1) is 0 Å². The topological polar surface area (TPSA) is 68.3 Å². The van der Waals surface area contributed by atoms with Crippen LogP contribution in [0.15, 0.2) is 30.3 Å². The van der Waals surface area contributed by atoms with Crippen LogP contribution in [0.3, 0.4) is 0 Å². The number of nitrogens with one attached hydrogen (secondary N) is 1. The molecule has 1 heterocycles. The second-order valence-corrected chi connectivity index (χ2v) is 5.93. The largest absolute Gasteiger partial charge is 0.462 e. The van der Waals surface area contributed by atoms with Crippen molar-refractivity contribution in [2.45, 2.75) is 20.8 Å². The normalized spacial score (nSPS) is 10.5. The van der Waals surface area contributed by atoms with Crippen LogP contribution in [-0.4, -0.2) is 23.5 Å². The molecular formula is C16H18N2O3S. The van der Waals surface area contributed by atoms with Gasteiger partial charge < -0.3 is 10.1 Å². The number of aromatic nitrogens is 1. The average Bonchev–Trinajstić information content (AvgIpc) is 2.92. The van der Waals surface area contributed by atoms with Crippen molar-refractivity contribution < 1.29 is 14.3 Å². The van der Waals surface area contributed by atoms with E-state index in [4.69, 9.17) is 4.74 Å². The first kappa shape index (κ1) is 16.2. The number of hydrogen-bond acceptors (Lipinski definition) is 5. The molecule has 6 heteroatoms. The fourth-order valence-corrected chi connectivity index (χ4v) is 2.63. The molecule has 0 saturated heterocycles. The lowest BCUT2D eigenvalue weighted by atomic mass is 10.1. The minimum Gasteiger partial charge on any atom is -0.462 e. The van der Waals surface area contributed by atoms with Crippen LogP contribution >= 0.6 is 11.3 Å². The Labute approximate surface area is 133 Å². The highest BCUT2D eigenvalue weighted by Gasteiger charge is 2.21. The Bertz CT molecular complexity index is 665. The van der Waals surface area contributed by atoms with Crippen LogP contribution in [0.1, 0.15) is 30.4 Å². The van der Waals surface area contributed by atoms with Gasteiger partial charge in [-0.2, -0.15) is 0 Å². The molecule has 0 bridgehead atoms. The van der Waals surface area contributed by atoms with E-state index in [0.717, 1.165) is 16.9 Å². The fourth-order valence-electron chi connectivity index (χ4n) is 1.75. The van der Waals surface area contributed by atoms with Gasteiger partial charge in [0, 0.05) is 11.5 Å². The smallest absolute Gasteiger partial charge is 0.350 e. The fraction of sp³-hybridized carbons (Fsp3) is 0.312. The van der Waals surface area contributed by atoms with Crippen LogP contribution in [0.2, 0.25) is 0 Å². The van der Waals surface area contributed by atoms with Crippen molar-refractivity contribution in [1.29, 1.82) is 0 Å². The van der Waals surface area contributed by atoms with Crippen molar-refractivity contribution in [2.75, 3.05) is 11.9 Å². The second-order valence-electron chi connectivity index (χ2n) is 4.93. The number of ether oxygens (including phenoxy) is 1. The number of anilines is 1. The van der Waals surface area contributed by atoms with Gasteiger partial charge in [0.2, 0.25) is 5.91 Å². The summed E-state index contributed by atoms with van der Waals surface area (Å²) in [4.78, 5) is 28.7. The number of esters is 1. The predicted molar refractivity (Wildman–Crippen MR) is 87.0 cm³/mol. The predicted octanol–water partition coefficient (Wildman–Crippen LogP) is 3.58. The van der Waals surface area contributed by atoms with Gasteiger partial charge in [-0.05, 0) is 6.92 Å². The summed E-state index contributed by atoms with van der Waals surface area (Å²) in [6.07, 6.45) is 0. The maximum Gasteiger partial charge on any atom is 0.350 e. The van der Waals surface area contributed by atoms with Crippen LogP contribution in [0.5, 0.6) is 0 Å². The molecule has 1 amide bonds. The zero-order chi connectivity index (χ0) is 16.1. The molecular weight excluding hydrogens is 300 g/mol. The molecule has 1 aromatic heterocycles. The number of carbonyl (C=O) groups is 2. The lowest BCUT2D eigenvalue weighted by Crippen LogP contribution is -2.17. The van der Waals surface area contributed by atoms with Crippen molar-refractivity contribution >= 4 is 28.3 Å². The Hall–Kier alpha value is -2.21. The number of rotatable bonds is 5. The zero-order valence-electron chi connectivity index (χ0n) is 12.8. The van der Waals surface area contributed by atoms with Gasteiger partial charge in [-0.1, -0.05) is 55.5 Å². The quantitative estimate of drug-likeness (QED) is 0.856. The summed E-state index contributed by atoms with van der Waals surface area (Å²) >= 11 is 1.13. The average molecular weight is 318 g/mol. The van der Waals surface area contributed by atoms with Crippen LogP contribution in [0.4, 0.5) is 5.13 Å². The minimum atomic E-state index is -0.427. The highest BCUT2D eigenvalue weighted by atomic mass is 32.1. The van der Waals surface area contributed by atoms with Gasteiger partial charge in [-0.3, -0.25) is 4.79 Å². The summed E-state index contributed by atoms with van der Waals surface area (Å²) in [7, 11) is 0. The standard InChI is InChI=1S/C16H18N2O3S/c1-4-21-15(20)13-12(11-8-6-5-7-9-11)17-16(22-13)18-14(19)10(2)3/h5-10H,4H2,1-3H3,(H,17,18,19). The van der Waals surface area contributed by atoms with Crippen LogP contribution < -0.4 is 5.32 Å². The Morgan fingerprint density at radius 2 is 1.95 bits per heavy atom. The number of benzene rings is 1. The summed E-state index contributed by atoms with van der Waals surface area (Å²) in [5.74, 6) is -0.720. The van der Waals surface area contributed by atoms with E-state index in [-0.39, 0.29) is 11.8 Å². The maximum absolute atomic E-state index is 12.1. The summed E-state index contributed by atoms with van der Waals surface area (Å²) in [5.41, 5.74) is 1.34. The number of amides is 1. The molecule has 0 aliphatic heterocycles. The molecule has 0 saturated carbocycles. The number of hydrogen-bond donors (Lipinski definition) is 1. The first-order valence-electron chi connectivity index (χ1n) is 7.07. The molecule has 0 spiro atoms.